The zero-order valence-corrected chi connectivity index (χ0v) is 7.92. The molecule has 0 saturated carbocycles. The first-order valence-electron chi connectivity index (χ1n) is 4.66. The Morgan fingerprint density at radius 3 is 2.83 bits per heavy atom. The van der Waals surface area contributed by atoms with Crippen LogP contribution in [0.4, 0.5) is 0 Å². The minimum atomic E-state index is 0.101. The topological polar surface area (TPSA) is 46.3 Å². The van der Waals surface area contributed by atoms with Crippen molar-refractivity contribution >= 4 is 5.91 Å². The Morgan fingerprint density at radius 1 is 1.75 bits per heavy atom. The van der Waals surface area contributed by atoms with E-state index in [9.17, 15) is 4.79 Å². The van der Waals surface area contributed by atoms with Gasteiger partial charge in [-0.1, -0.05) is 13.3 Å². The lowest BCUT2D eigenvalue weighted by molar-refractivity contribution is -0.127. The molecule has 1 fully saturated rings. The van der Waals surface area contributed by atoms with Gasteiger partial charge in [0.2, 0.25) is 5.91 Å². The lowest BCUT2D eigenvalue weighted by Crippen LogP contribution is -2.36. The number of amides is 1. The quantitative estimate of drug-likeness (QED) is 0.674. The van der Waals surface area contributed by atoms with Crippen LogP contribution < -0.4 is 5.73 Å². The third kappa shape index (κ3) is 2.21. The fraction of sp³-hybridized carbons (Fsp3) is 0.889. The second-order valence-electron chi connectivity index (χ2n) is 3.75. The molecule has 0 spiro atoms. The van der Waals surface area contributed by atoms with Crippen LogP contribution >= 0.6 is 0 Å². The number of carbonyl (C=O) groups is 1. The highest BCUT2D eigenvalue weighted by Crippen LogP contribution is 2.20. The van der Waals surface area contributed by atoms with Crippen LogP contribution in [0.15, 0.2) is 0 Å². The molecule has 1 unspecified atom stereocenters. The predicted octanol–water partition coefficient (Wildman–Crippen LogP) is 0.592. The van der Waals surface area contributed by atoms with Crippen molar-refractivity contribution in [3.63, 3.8) is 0 Å². The zero-order valence-electron chi connectivity index (χ0n) is 7.92. The summed E-state index contributed by atoms with van der Waals surface area (Å²) >= 11 is 0. The molecule has 2 N–H and O–H groups in total. The monoisotopic (exact) mass is 170 g/mol. The number of likely N-dealkylation sites (tertiary alicyclic amines) is 1. The number of nitrogens with two attached hydrogens (primary N) is 1. The molecule has 0 aliphatic carbocycles. The molecule has 70 valence electrons. The Morgan fingerprint density at radius 2 is 2.42 bits per heavy atom. The average molecular weight is 170 g/mol. The Balaban J connectivity index is 2.41. The van der Waals surface area contributed by atoms with Gasteiger partial charge in [0.1, 0.15) is 0 Å². The normalized spacial score (nSPS) is 26.4. The smallest absolute Gasteiger partial charge is 0.222 e. The summed E-state index contributed by atoms with van der Waals surface area (Å²) in [6.45, 7) is 5.70. The number of rotatable bonds is 3. The highest BCUT2D eigenvalue weighted by atomic mass is 16.2. The molecule has 1 aliphatic rings. The standard InChI is InChI=1S/C9H18N2O/c1-3-8-4-9(12)11(6-8)5-7(2)10/h7-8H,3-6,10H2,1-2H3/t7-,8?/m0/s1. The van der Waals surface area contributed by atoms with E-state index in [1.165, 1.54) is 0 Å². The lowest BCUT2D eigenvalue weighted by atomic mass is 10.1. The lowest BCUT2D eigenvalue weighted by Gasteiger charge is -2.18. The maximum Gasteiger partial charge on any atom is 0.222 e. The molecule has 12 heavy (non-hydrogen) atoms. The van der Waals surface area contributed by atoms with E-state index in [-0.39, 0.29) is 11.9 Å². The third-order valence-electron chi connectivity index (χ3n) is 2.38. The van der Waals surface area contributed by atoms with Crippen LogP contribution in [0.1, 0.15) is 26.7 Å². The van der Waals surface area contributed by atoms with Crippen molar-refractivity contribution in [1.29, 1.82) is 0 Å². The summed E-state index contributed by atoms with van der Waals surface area (Å²) in [5, 5.41) is 0. The molecule has 0 aromatic heterocycles. The van der Waals surface area contributed by atoms with Crippen LogP contribution in [-0.2, 0) is 4.79 Å². The molecule has 1 heterocycles. The van der Waals surface area contributed by atoms with E-state index in [0.717, 1.165) is 25.9 Å². The van der Waals surface area contributed by atoms with Gasteiger partial charge < -0.3 is 10.6 Å². The van der Waals surface area contributed by atoms with Crippen molar-refractivity contribution in [3.05, 3.63) is 0 Å². The Hall–Kier alpha value is -0.570. The second-order valence-corrected chi connectivity index (χ2v) is 3.75. The van der Waals surface area contributed by atoms with Gasteiger partial charge in [-0.15, -0.1) is 0 Å². The molecule has 1 amide bonds. The third-order valence-corrected chi connectivity index (χ3v) is 2.38. The fourth-order valence-electron chi connectivity index (χ4n) is 1.65. The van der Waals surface area contributed by atoms with Gasteiger partial charge in [0, 0.05) is 25.6 Å². The predicted molar refractivity (Wildman–Crippen MR) is 48.6 cm³/mol. The van der Waals surface area contributed by atoms with Gasteiger partial charge in [-0.3, -0.25) is 4.79 Å². The molecule has 0 aromatic rings. The number of nitrogens with zero attached hydrogens (tertiary/aromatic N) is 1. The molecule has 1 aliphatic heterocycles. The van der Waals surface area contributed by atoms with Gasteiger partial charge in [0.25, 0.3) is 0 Å². The fourth-order valence-corrected chi connectivity index (χ4v) is 1.65. The maximum absolute atomic E-state index is 11.3. The van der Waals surface area contributed by atoms with Gasteiger partial charge in [-0.2, -0.15) is 0 Å². The van der Waals surface area contributed by atoms with E-state index in [1.807, 2.05) is 11.8 Å². The summed E-state index contributed by atoms with van der Waals surface area (Å²) in [6, 6.07) is 0.101. The average Bonchev–Trinajstić information content (AvgIpc) is 2.31. The van der Waals surface area contributed by atoms with Crippen molar-refractivity contribution in [3.8, 4) is 0 Å². The molecule has 1 rings (SSSR count). The second kappa shape index (κ2) is 3.90. The van der Waals surface area contributed by atoms with E-state index in [0.29, 0.717) is 5.92 Å². The Kier molecular flexibility index (Phi) is 3.09. The molecule has 0 aromatic carbocycles. The summed E-state index contributed by atoms with van der Waals surface area (Å²) in [5.74, 6) is 0.843. The molecule has 0 bridgehead atoms. The van der Waals surface area contributed by atoms with E-state index in [1.54, 1.807) is 0 Å². The molecular formula is C9H18N2O. The molecule has 3 heteroatoms. The van der Waals surface area contributed by atoms with Crippen LogP contribution in [0.3, 0.4) is 0 Å². The van der Waals surface area contributed by atoms with Crippen LogP contribution in [0.5, 0.6) is 0 Å². The van der Waals surface area contributed by atoms with Crippen molar-refractivity contribution in [2.24, 2.45) is 11.7 Å². The summed E-state index contributed by atoms with van der Waals surface area (Å²) in [7, 11) is 0. The number of hydrogen-bond acceptors (Lipinski definition) is 2. The van der Waals surface area contributed by atoms with Crippen molar-refractivity contribution < 1.29 is 4.79 Å². The first kappa shape index (κ1) is 9.52. The zero-order chi connectivity index (χ0) is 9.14. The van der Waals surface area contributed by atoms with E-state index < -0.39 is 0 Å². The van der Waals surface area contributed by atoms with Gasteiger partial charge in [0.05, 0.1) is 0 Å². The molecule has 2 atom stereocenters. The van der Waals surface area contributed by atoms with Crippen molar-refractivity contribution in [1.82, 2.24) is 4.90 Å². The molecular weight excluding hydrogens is 152 g/mol. The first-order chi connectivity index (χ1) is 5.63. The van der Waals surface area contributed by atoms with Gasteiger partial charge in [0.15, 0.2) is 0 Å². The number of carbonyl (C=O) groups excluding carboxylic acids is 1. The Labute approximate surface area is 73.9 Å². The minimum absolute atomic E-state index is 0.101. The Bertz CT molecular complexity index is 168. The van der Waals surface area contributed by atoms with Crippen molar-refractivity contribution in [2.75, 3.05) is 13.1 Å². The highest BCUT2D eigenvalue weighted by Gasteiger charge is 2.28. The van der Waals surface area contributed by atoms with Gasteiger partial charge in [-0.05, 0) is 12.8 Å². The van der Waals surface area contributed by atoms with Gasteiger partial charge in [-0.25, -0.2) is 0 Å². The van der Waals surface area contributed by atoms with Gasteiger partial charge >= 0.3 is 0 Å². The summed E-state index contributed by atoms with van der Waals surface area (Å²) < 4.78 is 0. The summed E-state index contributed by atoms with van der Waals surface area (Å²) in [5.41, 5.74) is 5.63. The highest BCUT2D eigenvalue weighted by molar-refractivity contribution is 5.78. The number of hydrogen-bond donors (Lipinski definition) is 1. The maximum atomic E-state index is 11.3. The van der Waals surface area contributed by atoms with Crippen LogP contribution in [0.25, 0.3) is 0 Å². The van der Waals surface area contributed by atoms with Crippen molar-refractivity contribution in [2.45, 2.75) is 32.7 Å². The van der Waals surface area contributed by atoms with Crippen LogP contribution in [0.2, 0.25) is 0 Å². The minimum Gasteiger partial charge on any atom is -0.341 e. The molecule has 1 saturated heterocycles. The molecule has 0 radical (unpaired) electrons. The largest absolute Gasteiger partial charge is 0.341 e. The van der Waals surface area contributed by atoms with E-state index >= 15 is 0 Å². The van der Waals surface area contributed by atoms with Crippen LogP contribution in [-0.4, -0.2) is 29.9 Å². The first-order valence-corrected chi connectivity index (χ1v) is 4.66. The molecule has 3 nitrogen and oxygen atoms in total. The summed E-state index contributed by atoms with van der Waals surface area (Å²) in [4.78, 5) is 13.2. The van der Waals surface area contributed by atoms with E-state index in [2.05, 4.69) is 6.92 Å². The van der Waals surface area contributed by atoms with Crippen LogP contribution in [0, 0.1) is 5.92 Å². The SMILES string of the molecule is CCC1CC(=O)N(C[C@H](C)N)C1. The van der Waals surface area contributed by atoms with E-state index in [4.69, 9.17) is 5.73 Å². The summed E-state index contributed by atoms with van der Waals surface area (Å²) in [6.07, 6.45) is 1.82.